The van der Waals surface area contributed by atoms with E-state index in [1.54, 1.807) is 7.11 Å². The van der Waals surface area contributed by atoms with Crippen LogP contribution in [0.5, 0.6) is 0 Å². The summed E-state index contributed by atoms with van der Waals surface area (Å²) in [6.07, 6.45) is 3.19. The molecule has 0 amide bonds. The van der Waals surface area contributed by atoms with Gasteiger partial charge >= 0.3 is 0 Å². The van der Waals surface area contributed by atoms with Crippen molar-refractivity contribution in [2.24, 2.45) is 0 Å². The summed E-state index contributed by atoms with van der Waals surface area (Å²) in [6.45, 7) is 5.49. The number of anilines is 2. The van der Waals surface area contributed by atoms with Gasteiger partial charge in [-0.1, -0.05) is 6.92 Å². The van der Waals surface area contributed by atoms with Crippen LogP contribution in [0.2, 0.25) is 0 Å². The van der Waals surface area contributed by atoms with E-state index in [9.17, 15) is 0 Å². The average Bonchev–Trinajstić information content (AvgIpc) is 2.39. The van der Waals surface area contributed by atoms with Crippen LogP contribution in [-0.4, -0.2) is 41.7 Å². The lowest BCUT2D eigenvalue weighted by Gasteiger charge is -2.17. The molecular weight excluding hydrogens is 260 g/mol. The Hall–Kier alpha value is -1.01. The predicted molar refractivity (Wildman–Crippen MR) is 83.0 cm³/mol. The number of nitrogens with zero attached hydrogens (tertiary/aromatic N) is 2. The second kappa shape index (κ2) is 8.98. The molecule has 0 aromatic carbocycles. The van der Waals surface area contributed by atoms with Crippen LogP contribution in [0.15, 0.2) is 6.07 Å². The molecule has 1 atom stereocenters. The molecule has 0 bridgehead atoms. The zero-order valence-electron chi connectivity index (χ0n) is 12.2. The van der Waals surface area contributed by atoms with Crippen molar-refractivity contribution in [3.63, 3.8) is 0 Å². The summed E-state index contributed by atoms with van der Waals surface area (Å²) in [6, 6.07) is 2.38. The van der Waals surface area contributed by atoms with E-state index in [1.807, 2.05) is 24.8 Å². The Labute approximate surface area is 119 Å². The summed E-state index contributed by atoms with van der Waals surface area (Å²) in [5, 5.41) is 6.68. The summed E-state index contributed by atoms with van der Waals surface area (Å²) in [7, 11) is 1.65. The quantitative estimate of drug-likeness (QED) is 0.727. The molecule has 0 aliphatic rings. The monoisotopic (exact) mass is 284 g/mol. The Kier molecular flexibility index (Phi) is 7.59. The van der Waals surface area contributed by atoms with Crippen molar-refractivity contribution in [1.29, 1.82) is 0 Å². The summed E-state index contributed by atoms with van der Waals surface area (Å²) in [4.78, 5) is 8.88. The van der Waals surface area contributed by atoms with Crippen molar-refractivity contribution in [2.75, 3.05) is 36.3 Å². The molecule has 1 unspecified atom stereocenters. The molecule has 1 rings (SSSR count). The molecule has 2 N–H and O–H groups in total. The highest BCUT2D eigenvalue weighted by Crippen LogP contribution is 2.15. The summed E-state index contributed by atoms with van der Waals surface area (Å²) in [5.74, 6) is 3.46. The maximum absolute atomic E-state index is 5.11. The molecule has 0 radical (unpaired) electrons. The molecule has 108 valence electrons. The van der Waals surface area contributed by atoms with Gasteiger partial charge in [0.15, 0.2) is 5.82 Å². The maximum atomic E-state index is 5.11. The first-order valence-electron chi connectivity index (χ1n) is 6.59. The van der Waals surface area contributed by atoms with Crippen molar-refractivity contribution in [3.8, 4) is 0 Å². The number of ether oxygens (including phenoxy) is 1. The first-order valence-corrected chi connectivity index (χ1v) is 7.99. The normalized spacial score (nSPS) is 12.2. The zero-order chi connectivity index (χ0) is 14.1. The molecular formula is C13H24N4OS. The van der Waals surface area contributed by atoms with Crippen LogP contribution < -0.4 is 10.6 Å². The lowest BCUT2D eigenvalue weighted by Crippen LogP contribution is -2.22. The van der Waals surface area contributed by atoms with E-state index in [1.165, 1.54) is 0 Å². The number of methoxy groups -OCH3 is 1. The van der Waals surface area contributed by atoms with Gasteiger partial charge in [-0.15, -0.1) is 0 Å². The Morgan fingerprint density at radius 1 is 1.32 bits per heavy atom. The van der Waals surface area contributed by atoms with Crippen LogP contribution in [0.3, 0.4) is 0 Å². The number of hydrogen-bond acceptors (Lipinski definition) is 6. The smallest absolute Gasteiger partial charge is 0.158 e. The molecule has 0 fully saturated rings. The van der Waals surface area contributed by atoms with E-state index < -0.39 is 0 Å². The van der Waals surface area contributed by atoms with Gasteiger partial charge in [0.1, 0.15) is 18.2 Å². The van der Waals surface area contributed by atoms with Gasteiger partial charge in [0, 0.05) is 31.5 Å². The van der Waals surface area contributed by atoms with Crippen LogP contribution in [0.1, 0.15) is 26.1 Å². The van der Waals surface area contributed by atoms with Crippen LogP contribution >= 0.6 is 11.8 Å². The summed E-state index contributed by atoms with van der Waals surface area (Å²) < 4.78 is 5.11. The fraction of sp³-hybridized carbons (Fsp3) is 0.692. The minimum Gasteiger partial charge on any atom is -0.377 e. The molecule has 0 aliphatic carbocycles. The third kappa shape index (κ3) is 5.65. The van der Waals surface area contributed by atoms with Gasteiger partial charge in [-0.05, 0) is 19.6 Å². The number of thioether (sulfide) groups is 1. The van der Waals surface area contributed by atoms with Gasteiger partial charge in [-0.2, -0.15) is 11.8 Å². The lowest BCUT2D eigenvalue weighted by atomic mass is 10.2. The van der Waals surface area contributed by atoms with E-state index in [0.29, 0.717) is 18.5 Å². The Morgan fingerprint density at radius 2 is 2.05 bits per heavy atom. The van der Waals surface area contributed by atoms with Gasteiger partial charge in [-0.3, -0.25) is 0 Å². The van der Waals surface area contributed by atoms with E-state index in [4.69, 9.17) is 4.74 Å². The van der Waals surface area contributed by atoms with Gasteiger partial charge < -0.3 is 15.4 Å². The first-order chi connectivity index (χ1) is 9.23. The first kappa shape index (κ1) is 16.0. The minimum atomic E-state index is 0.424. The summed E-state index contributed by atoms with van der Waals surface area (Å²) in [5.41, 5.74) is 0. The van der Waals surface area contributed by atoms with Crippen LogP contribution in [0.4, 0.5) is 11.6 Å². The number of hydrogen-bond donors (Lipinski definition) is 2. The lowest BCUT2D eigenvalue weighted by molar-refractivity contribution is 0.178. The number of nitrogens with one attached hydrogen (secondary N) is 2. The van der Waals surface area contributed by atoms with Crippen molar-refractivity contribution in [3.05, 3.63) is 11.9 Å². The third-order valence-corrected chi connectivity index (χ3v) is 3.35. The molecule has 0 aliphatic heterocycles. The second-order valence-electron chi connectivity index (χ2n) is 4.22. The second-order valence-corrected chi connectivity index (χ2v) is 5.13. The van der Waals surface area contributed by atoms with Crippen LogP contribution in [0.25, 0.3) is 0 Å². The topological polar surface area (TPSA) is 59.1 Å². The summed E-state index contributed by atoms with van der Waals surface area (Å²) >= 11 is 1.84. The van der Waals surface area contributed by atoms with E-state index in [0.717, 1.165) is 30.4 Å². The Morgan fingerprint density at radius 3 is 2.63 bits per heavy atom. The maximum Gasteiger partial charge on any atom is 0.158 e. The average molecular weight is 284 g/mol. The molecule has 1 aromatic rings. The van der Waals surface area contributed by atoms with E-state index in [2.05, 4.69) is 33.8 Å². The SMILES string of the molecule is CCNc1cc(NC(CC)CSC)nc(COC)n1. The van der Waals surface area contributed by atoms with Gasteiger partial charge in [0.25, 0.3) is 0 Å². The molecule has 0 spiro atoms. The molecule has 6 heteroatoms. The van der Waals surface area contributed by atoms with Crippen LogP contribution in [-0.2, 0) is 11.3 Å². The Balaban J connectivity index is 2.84. The van der Waals surface area contributed by atoms with Gasteiger partial charge in [-0.25, -0.2) is 9.97 Å². The van der Waals surface area contributed by atoms with Gasteiger partial charge in [0.2, 0.25) is 0 Å². The van der Waals surface area contributed by atoms with Crippen molar-refractivity contribution < 1.29 is 4.74 Å². The molecule has 1 heterocycles. The van der Waals surface area contributed by atoms with Gasteiger partial charge in [0.05, 0.1) is 0 Å². The Bertz CT molecular complexity index is 351. The highest BCUT2D eigenvalue weighted by Gasteiger charge is 2.09. The minimum absolute atomic E-state index is 0.424. The predicted octanol–water partition coefficient (Wildman–Crippen LogP) is 2.61. The highest BCUT2D eigenvalue weighted by atomic mass is 32.2. The van der Waals surface area contributed by atoms with Crippen LogP contribution in [0, 0.1) is 0 Å². The third-order valence-electron chi connectivity index (χ3n) is 2.62. The number of rotatable bonds is 9. The van der Waals surface area contributed by atoms with Crippen molar-refractivity contribution >= 4 is 23.4 Å². The molecule has 5 nitrogen and oxygen atoms in total. The standard InChI is InChI=1S/C13H24N4OS/c1-5-10(9-19-4)15-12-7-11(14-6-2)16-13(17-12)8-18-3/h7,10H,5-6,8-9H2,1-4H3,(H2,14,15,16,17). The molecule has 0 saturated carbocycles. The van der Waals surface area contributed by atoms with E-state index in [-0.39, 0.29) is 0 Å². The highest BCUT2D eigenvalue weighted by molar-refractivity contribution is 7.98. The molecule has 0 saturated heterocycles. The molecule has 1 aromatic heterocycles. The van der Waals surface area contributed by atoms with Crippen molar-refractivity contribution in [1.82, 2.24) is 9.97 Å². The largest absolute Gasteiger partial charge is 0.377 e. The van der Waals surface area contributed by atoms with Crippen molar-refractivity contribution in [2.45, 2.75) is 32.9 Å². The molecule has 19 heavy (non-hydrogen) atoms. The fourth-order valence-electron chi connectivity index (χ4n) is 1.71. The zero-order valence-corrected chi connectivity index (χ0v) is 13.0. The number of aromatic nitrogens is 2. The fourth-order valence-corrected chi connectivity index (χ4v) is 2.43. The van der Waals surface area contributed by atoms with E-state index >= 15 is 0 Å².